The van der Waals surface area contributed by atoms with E-state index < -0.39 is 10.0 Å². The molecule has 1 unspecified atom stereocenters. The molecule has 0 aromatic carbocycles. The molecule has 102 valence electrons. The molecule has 5 nitrogen and oxygen atoms in total. The zero-order valence-corrected chi connectivity index (χ0v) is 12.1. The second kappa shape index (κ2) is 5.64. The van der Waals surface area contributed by atoms with Gasteiger partial charge in [-0.25, -0.2) is 13.4 Å². The summed E-state index contributed by atoms with van der Waals surface area (Å²) < 4.78 is 26.8. The van der Waals surface area contributed by atoms with Crippen LogP contribution in [0.4, 0.5) is 0 Å². The van der Waals surface area contributed by atoms with Crippen molar-refractivity contribution in [2.24, 2.45) is 11.7 Å². The van der Waals surface area contributed by atoms with Gasteiger partial charge in [0.1, 0.15) is 0 Å². The first-order valence-electron chi connectivity index (χ1n) is 6.16. The van der Waals surface area contributed by atoms with E-state index in [1.54, 1.807) is 4.31 Å². The van der Waals surface area contributed by atoms with Gasteiger partial charge in [-0.2, -0.15) is 4.31 Å². The first kappa shape index (κ1) is 13.9. The monoisotopic (exact) mass is 289 g/mol. The largest absolute Gasteiger partial charge is 0.330 e. The van der Waals surface area contributed by atoms with Crippen LogP contribution < -0.4 is 5.73 Å². The minimum atomic E-state index is -3.34. The molecule has 0 spiro atoms. The lowest BCUT2D eigenvalue weighted by Gasteiger charge is -2.31. The quantitative estimate of drug-likeness (QED) is 0.903. The number of aryl methyl sites for hydroxylation is 1. The fourth-order valence-electron chi connectivity index (χ4n) is 2.30. The normalized spacial score (nSPS) is 22.2. The lowest BCUT2D eigenvalue weighted by molar-refractivity contribution is 0.258. The minimum absolute atomic E-state index is 0.355. The van der Waals surface area contributed by atoms with Gasteiger partial charge in [0.05, 0.1) is 11.2 Å². The van der Waals surface area contributed by atoms with E-state index in [0.717, 1.165) is 24.3 Å². The smallest absolute Gasteiger partial charge is 0.254 e. The van der Waals surface area contributed by atoms with E-state index in [9.17, 15) is 8.42 Å². The van der Waals surface area contributed by atoms with Gasteiger partial charge < -0.3 is 5.73 Å². The van der Waals surface area contributed by atoms with Crippen molar-refractivity contribution in [3.8, 4) is 0 Å². The maximum Gasteiger partial charge on any atom is 0.254 e. The van der Waals surface area contributed by atoms with Gasteiger partial charge in [-0.15, -0.1) is 11.3 Å². The van der Waals surface area contributed by atoms with Gasteiger partial charge in [-0.3, -0.25) is 0 Å². The molecule has 0 saturated carbocycles. The molecular formula is C11H19N3O2S2. The molecule has 0 amide bonds. The second-order valence-electron chi connectivity index (χ2n) is 4.65. The van der Waals surface area contributed by atoms with Crippen LogP contribution in [0.25, 0.3) is 0 Å². The van der Waals surface area contributed by atoms with E-state index in [0.29, 0.717) is 29.8 Å². The Morgan fingerprint density at radius 1 is 1.61 bits per heavy atom. The molecule has 2 N–H and O–H groups in total. The van der Waals surface area contributed by atoms with Crippen LogP contribution in [0, 0.1) is 12.8 Å². The predicted octanol–water partition coefficient (Wildman–Crippen LogP) is 1.20. The molecule has 0 radical (unpaired) electrons. The molecule has 2 heterocycles. The number of nitrogens with zero attached hydrogens (tertiary/aromatic N) is 2. The fraction of sp³-hybridized carbons (Fsp3) is 0.727. The number of thiazole rings is 1. The third-order valence-corrected chi connectivity index (χ3v) is 6.47. The zero-order chi connectivity index (χ0) is 13.2. The molecule has 1 saturated heterocycles. The Kier molecular flexibility index (Phi) is 4.37. The van der Waals surface area contributed by atoms with Crippen molar-refractivity contribution in [2.45, 2.75) is 30.4 Å². The van der Waals surface area contributed by atoms with Crippen LogP contribution in [0.3, 0.4) is 0 Å². The van der Waals surface area contributed by atoms with E-state index >= 15 is 0 Å². The highest BCUT2D eigenvalue weighted by Crippen LogP contribution is 2.27. The Balaban J connectivity index is 2.15. The number of hydrogen-bond acceptors (Lipinski definition) is 5. The standard InChI is InChI=1S/C11H19N3O2S2/c1-9-13-7-11(17-9)18(15,16)14-6-2-3-10(8-14)4-5-12/h7,10H,2-6,8,12H2,1H3. The Morgan fingerprint density at radius 3 is 3.00 bits per heavy atom. The Morgan fingerprint density at radius 2 is 2.39 bits per heavy atom. The van der Waals surface area contributed by atoms with Crippen LogP contribution in [0.1, 0.15) is 24.3 Å². The number of rotatable bonds is 4. The summed E-state index contributed by atoms with van der Waals surface area (Å²) in [6.45, 7) is 3.65. The van der Waals surface area contributed by atoms with Gasteiger partial charge in [0.15, 0.2) is 4.21 Å². The van der Waals surface area contributed by atoms with Gasteiger partial charge in [-0.1, -0.05) is 0 Å². The number of aromatic nitrogens is 1. The summed E-state index contributed by atoms with van der Waals surface area (Å²) in [6.07, 6.45) is 4.35. The summed E-state index contributed by atoms with van der Waals surface area (Å²) in [6, 6.07) is 0. The summed E-state index contributed by atoms with van der Waals surface area (Å²) in [5.74, 6) is 0.396. The van der Waals surface area contributed by atoms with Crippen molar-refractivity contribution in [3.63, 3.8) is 0 Å². The van der Waals surface area contributed by atoms with E-state index in [1.807, 2.05) is 6.92 Å². The molecule has 1 aromatic rings. The van der Waals surface area contributed by atoms with Gasteiger partial charge in [-0.05, 0) is 38.6 Å². The molecule has 0 bridgehead atoms. The maximum atomic E-state index is 12.4. The number of sulfonamides is 1. The Labute approximate surface area is 112 Å². The average molecular weight is 289 g/mol. The predicted molar refractivity (Wildman–Crippen MR) is 72.0 cm³/mol. The van der Waals surface area contributed by atoms with E-state index in [1.165, 1.54) is 17.5 Å². The number of piperidine rings is 1. The molecule has 1 aliphatic rings. The van der Waals surface area contributed by atoms with Crippen molar-refractivity contribution in [1.29, 1.82) is 0 Å². The van der Waals surface area contributed by atoms with Crippen molar-refractivity contribution in [2.75, 3.05) is 19.6 Å². The molecule has 18 heavy (non-hydrogen) atoms. The highest BCUT2D eigenvalue weighted by molar-refractivity contribution is 7.91. The third kappa shape index (κ3) is 2.90. The first-order valence-corrected chi connectivity index (χ1v) is 8.42. The van der Waals surface area contributed by atoms with Crippen molar-refractivity contribution in [1.82, 2.24) is 9.29 Å². The van der Waals surface area contributed by atoms with E-state index in [-0.39, 0.29) is 0 Å². The first-order chi connectivity index (χ1) is 8.54. The Hall–Kier alpha value is -0.500. The fourth-order valence-corrected chi connectivity index (χ4v) is 5.12. The van der Waals surface area contributed by atoms with Gasteiger partial charge in [0, 0.05) is 13.1 Å². The summed E-state index contributed by atoms with van der Waals surface area (Å²) in [4.78, 5) is 4.03. The summed E-state index contributed by atoms with van der Waals surface area (Å²) in [5.41, 5.74) is 5.55. The molecule has 0 aliphatic carbocycles. The molecule has 1 atom stereocenters. The molecule has 7 heteroatoms. The lowest BCUT2D eigenvalue weighted by Crippen LogP contribution is -2.40. The van der Waals surface area contributed by atoms with E-state index in [4.69, 9.17) is 5.73 Å². The summed E-state index contributed by atoms with van der Waals surface area (Å²) in [5, 5.41) is 0.782. The lowest BCUT2D eigenvalue weighted by atomic mass is 9.96. The van der Waals surface area contributed by atoms with Crippen molar-refractivity contribution >= 4 is 21.4 Å². The van der Waals surface area contributed by atoms with Crippen LogP contribution in [0.5, 0.6) is 0 Å². The van der Waals surface area contributed by atoms with Crippen LogP contribution >= 0.6 is 11.3 Å². The van der Waals surface area contributed by atoms with Crippen LogP contribution in [0.2, 0.25) is 0 Å². The molecule has 1 aliphatic heterocycles. The average Bonchev–Trinajstić information content (AvgIpc) is 2.77. The molecule has 1 aromatic heterocycles. The SMILES string of the molecule is Cc1ncc(S(=O)(=O)N2CCCC(CCN)C2)s1. The second-order valence-corrected chi connectivity index (χ2v) is 8.05. The van der Waals surface area contributed by atoms with Crippen molar-refractivity contribution in [3.05, 3.63) is 11.2 Å². The number of hydrogen-bond donors (Lipinski definition) is 1. The van der Waals surface area contributed by atoms with Gasteiger partial charge in [0.25, 0.3) is 10.0 Å². The maximum absolute atomic E-state index is 12.4. The summed E-state index contributed by atoms with van der Waals surface area (Å²) >= 11 is 1.24. The number of nitrogens with two attached hydrogens (primary N) is 1. The molecule has 1 fully saturated rings. The topological polar surface area (TPSA) is 76.3 Å². The van der Waals surface area contributed by atoms with Crippen LogP contribution in [0.15, 0.2) is 10.4 Å². The summed E-state index contributed by atoms with van der Waals surface area (Å²) in [7, 11) is -3.34. The molecule has 2 rings (SSSR count). The van der Waals surface area contributed by atoms with E-state index in [2.05, 4.69) is 4.98 Å². The minimum Gasteiger partial charge on any atom is -0.330 e. The van der Waals surface area contributed by atoms with Crippen molar-refractivity contribution < 1.29 is 8.42 Å². The van der Waals surface area contributed by atoms with Crippen LogP contribution in [-0.2, 0) is 10.0 Å². The zero-order valence-electron chi connectivity index (χ0n) is 10.5. The highest BCUT2D eigenvalue weighted by atomic mass is 32.2. The third-order valence-electron chi connectivity index (χ3n) is 3.25. The molecular weight excluding hydrogens is 270 g/mol. The van der Waals surface area contributed by atoms with Crippen LogP contribution in [-0.4, -0.2) is 37.3 Å². The van der Waals surface area contributed by atoms with Gasteiger partial charge in [0.2, 0.25) is 0 Å². The van der Waals surface area contributed by atoms with Gasteiger partial charge >= 0.3 is 0 Å². The highest BCUT2D eigenvalue weighted by Gasteiger charge is 2.31. The Bertz CT molecular complexity index is 496.